The van der Waals surface area contributed by atoms with E-state index in [1.807, 2.05) is 30.3 Å². The fraction of sp³-hybridized carbons (Fsp3) is 0.238. The number of benzene rings is 2. The Morgan fingerprint density at radius 2 is 1.85 bits per heavy atom. The molecule has 0 heterocycles. The second-order valence-corrected chi connectivity index (χ2v) is 6.47. The van der Waals surface area contributed by atoms with Gasteiger partial charge in [0.15, 0.2) is 0 Å². The zero-order valence-corrected chi connectivity index (χ0v) is 14.4. The molecule has 134 valence electrons. The van der Waals surface area contributed by atoms with Gasteiger partial charge in [0.2, 0.25) is 0 Å². The maximum Gasteiger partial charge on any atom is 0.329 e. The summed E-state index contributed by atoms with van der Waals surface area (Å²) in [5, 5.41) is 16.1. The molecule has 0 bridgehead atoms. The Kier molecular flexibility index (Phi) is 5.49. The summed E-state index contributed by atoms with van der Waals surface area (Å²) in [5.41, 5.74) is 10.9. The number of nitrogens with one attached hydrogen (secondary N) is 1. The quantitative estimate of drug-likeness (QED) is 0.424. The molecule has 0 aliphatic heterocycles. The molecule has 2 aromatic carbocycles. The van der Waals surface area contributed by atoms with E-state index in [4.69, 9.17) is 21.0 Å². The third-order valence-corrected chi connectivity index (χ3v) is 4.55. The van der Waals surface area contributed by atoms with Crippen LogP contribution in [0.2, 0.25) is 0 Å². The summed E-state index contributed by atoms with van der Waals surface area (Å²) in [7, 11) is 0. The van der Waals surface area contributed by atoms with Crippen molar-refractivity contribution in [1.82, 2.24) is 0 Å². The number of amidine groups is 1. The van der Waals surface area contributed by atoms with Gasteiger partial charge < -0.3 is 15.6 Å². The average molecular weight is 350 g/mol. The van der Waals surface area contributed by atoms with E-state index in [-0.39, 0.29) is 18.5 Å². The summed E-state index contributed by atoms with van der Waals surface area (Å²) >= 11 is 0. The number of nitrogen functional groups attached to an aromatic ring is 1. The molecule has 0 aromatic heterocycles. The summed E-state index contributed by atoms with van der Waals surface area (Å²) < 4.78 is 5.43. The van der Waals surface area contributed by atoms with Gasteiger partial charge in [-0.05, 0) is 41.5 Å². The van der Waals surface area contributed by atoms with Crippen LogP contribution in [0.5, 0.6) is 0 Å². The highest BCUT2D eigenvalue weighted by Gasteiger charge is 2.19. The first kappa shape index (κ1) is 17.9. The number of carbonyl (C=O) groups is 1. The lowest BCUT2D eigenvalue weighted by atomic mass is 9.88. The number of aliphatic carboxylic acids is 1. The summed E-state index contributed by atoms with van der Waals surface area (Å²) in [6.45, 7) is -0.233. The molecule has 1 unspecified atom stereocenters. The van der Waals surface area contributed by atoms with E-state index in [0.29, 0.717) is 0 Å². The lowest BCUT2D eigenvalue weighted by Gasteiger charge is -2.24. The number of carboxylic acid groups (broad SMARTS) is 1. The Labute approximate surface area is 152 Å². The van der Waals surface area contributed by atoms with Crippen molar-refractivity contribution in [3.63, 3.8) is 0 Å². The SMILES string of the molecule is N=C(N)c1ccc(/C=C/c2ccc3c(c2)CCC(OCC(=O)O)C3)cc1. The standard InChI is InChI=1S/C21H22N2O3/c22-21(23)16-6-3-14(4-7-16)1-2-15-5-8-18-12-19(26-13-20(24)25)10-9-17(18)11-15/h1-8,11,19H,9-10,12-13H2,(H3,22,23)(H,24,25)/b2-1+. The van der Waals surface area contributed by atoms with Crippen LogP contribution in [0.1, 0.15) is 34.2 Å². The number of hydrogen-bond acceptors (Lipinski definition) is 3. The molecule has 2 aromatic rings. The summed E-state index contributed by atoms with van der Waals surface area (Å²) in [4.78, 5) is 10.6. The molecule has 1 aliphatic rings. The van der Waals surface area contributed by atoms with Crippen molar-refractivity contribution in [3.05, 3.63) is 70.3 Å². The molecule has 3 rings (SSSR count). The number of fused-ring (bicyclic) bond motifs is 1. The zero-order chi connectivity index (χ0) is 18.5. The van der Waals surface area contributed by atoms with Crippen molar-refractivity contribution >= 4 is 24.0 Å². The molecule has 0 fully saturated rings. The van der Waals surface area contributed by atoms with E-state index in [1.54, 1.807) is 0 Å². The zero-order valence-electron chi connectivity index (χ0n) is 14.4. The highest BCUT2D eigenvalue weighted by atomic mass is 16.5. The summed E-state index contributed by atoms with van der Waals surface area (Å²) in [6, 6.07) is 13.9. The number of nitrogens with two attached hydrogens (primary N) is 1. The monoisotopic (exact) mass is 350 g/mol. The molecular formula is C21H22N2O3. The molecule has 0 amide bonds. The van der Waals surface area contributed by atoms with E-state index in [1.165, 1.54) is 11.1 Å². The Morgan fingerprint density at radius 1 is 1.15 bits per heavy atom. The molecule has 0 saturated heterocycles. The molecule has 1 atom stereocenters. The Hall–Kier alpha value is -2.92. The molecular weight excluding hydrogens is 328 g/mol. The maximum atomic E-state index is 10.6. The van der Waals surface area contributed by atoms with Crippen molar-refractivity contribution in [1.29, 1.82) is 5.41 Å². The van der Waals surface area contributed by atoms with Crippen molar-refractivity contribution in [2.24, 2.45) is 5.73 Å². The first-order chi connectivity index (χ1) is 12.5. The Morgan fingerprint density at radius 3 is 2.54 bits per heavy atom. The lowest BCUT2D eigenvalue weighted by Crippen LogP contribution is -2.25. The fourth-order valence-corrected chi connectivity index (χ4v) is 3.14. The fourth-order valence-electron chi connectivity index (χ4n) is 3.14. The van der Waals surface area contributed by atoms with E-state index in [2.05, 4.69) is 24.3 Å². The van der Waals surface area contributed by atoms with Gasteiger partial charge >= 0.3 is 5.97 Å². The smallest absolute Gasteiger partial charge is 0.329 e. The first-order valence-electron chi connectivity index (χ1n) is 8.59. The molecule has 5 heteroatoms. The van der Waals surface area contributed by atoms with Gasteiger partial charge in [-0.2, -0.15) is 0 Å². The highest BCUT2D eigenvalue weighted by molar-refractivity contribution is 5.95. The average Bonchev–Trinajstić information content (AvgIpc) is 2.64. The second kappa shape index (κ2) is 7.97. The highest BCUT2D eigenvalue weighted by Crippen LogP contribution is 2.25. The van der Waals surface area contributed by atoms with Crippen LogP contribution in [0, 0.1) is 5.41 Å². The van der Waals surface area contributed by atoms with E-state index in [9.17, 15) is 4.79 Å². The minimum Gasteiger partial charge on any atom is -0.480 e. The minimum absolute atomic E-state index is 0.0141. The van der Waals surface area contributed by atoms with Crippen LogP contribution in [-0.4, -0.2) is 29.6 Å². The Balaban J connectivity index is 1.66. The van der Waals surface area contributed by atoms with Crippen LogP contribution in [0.25, 0.3) is 12.2 Å². The topological polar surface area (TPSA) is 96.4 Å². The van der Waals surface area contributed by atoms with E-state index < -0.39 is 5.97 Å². The van der Waals surface area contributed by atoms with Crippen LogP contribution >= 0.6 is 0 Å². The molecule has 0 radical (unpaired) electrons. The van der Waals surface area contributed by atoms with Crippen LogP contribution in [0.4, 0.5) is 0 Å². The van der Waals surface area contributed by atoms with Gasteiger partial charge in [-0.15, -0.1) is 0 Å². The van der Waals surface area contributed by atoms with Crippen LogP contribution in [0.3, 0.4) is 0 Å². The lowest BCUT2D eigenvalue weighted by molar-refractivity contribution is -0.144. The van der Waals surface area contributed by atoms with Gasteiger partial charge in [0.05, 0.1) is 6.10 Å². The Bertz CT molecular complexity index is 841. The molecule has 4 N–H and O–H groups in total. The number of carboxylic acids is 1. The van der Waals surface area contributed by atoms with Crippen molar-refractivity contribution in [2.45, 2.75) is 25.4 Å². The third kappa shape index (κ3) is 4.58. The molecule has 1 aliphatic carbocycles. The van der Waals surface area contributed by atoms with Crippen molar-refractivity contribution in [2.75, 3.05) is 6.61 Å². The normalized spacial score (nSPS) is 16.4. The number of rotatable bonds is 6. The largest absolute Gasteiger partial charge is 0.480 e. The number of ether oxygens (including phenoxy) is 1. The molecule has 0 saturated carbocycles. The molecule has 26 heavy (non-hydrogen) atoms. The summed E-state index contributed by atoms with van der Waals surface area (Å²) in [5.74, 6) is -0.853. The van der Waals surface area contributed by atoms with Crippen LogP contribution in [0.15, 0.2) is 42.5 Å². The van der Waals surface area contributed by atoms with Gasteiger partial charge in [-0.25, -0.2) is 4.79 Å². The third-order valence-electron chi connectivity index (χ3n) is 4.55. The van der Waals surface area contributed by atoms with Gasteiger partial charge in [0.25, 0.3) is 0 Å². The number of hydrogen-bond donors (Lipinski definition) is 3. The first-order valence-corrected chi connectivity index (χ1v) is 8.59. The van der Waals surface area contributed by atoms with Gasteiger partial charge in [0, 0.05) is 5.56 Å². The van der Waals surface area contributed by atoms with Crippen LogP contribution in [-0.2, 0) is 22.4 Å². The predicted octanol–water partition coefficient (Wildman–Crippen LogP) is 3.10. The molecule has 5 nitrogen and oxygen atoms in total. The van der Waals surface area contributed by atoms with Crippen molar-refractivity contribution in [3.8, 4) is 0 Å². The van der Waals surface area contributed by atoms with Crippen molar-refractivity contribution < 1.29 is 14.6 Å². The van der Waals surface area contributed by atoms with Gasteiger partial charge in [0.1, 0.15) is 12.4 Å². The minimum atomic E-state index is -0.924. The number of aryl methyl sites for hydroxylation is 1. The second-order valence-electron chi connectivity index (χ2n) is 6.47. The summed E-state index contributed by atoms with van der Waals surface area (Å²) in [6.07, 6.45) is 6.59. The van der Waals surface area contributed by atoms with Gasteiger partial charge in [-0.1, -0.05) is 54.6 Å². The van der Waals surface area contributed by atoms with E-state index in [0.717, 1.165) is 36.0 Å². The van der Waals surface area contributed by atoms with Crippen LogP contribution < -0.4 is 5.73 Å². The molecule has 0 spiro atoms. The maximum absolute atomic E-state index is 10.6. The van der Waals surface area contributed by atoms with Gasteiger partial charge in [-0.3, -0.25) is 5.41 Å². The van der Waals surface area contributed by atoms with E-state index >= 15 is 0 Å². The predicted molar refractivity (Wildman–Crippen MR) is 102 cm³/mol.